The van der Waals surface area contributed by atoms with E-state index in [1.807, 2.05) is 6.07 Å². The van der Waals surface area contributed by atoms with Crippen LogP contribution in [0, 0.1) is 17.1 Å². The molecule has 0 aliphatic carbocycles. The lowest BCUT2D eigenvalue weighted by atomic mass is 10.1. The van der Waals surface area contributed by atoms with Crippen LogP contribution in [0.4, 0.5) is 10.2 Å². The van der Waals surface area contributed by atoms with Gasteiger partial charge in [-0.05, 0) is 55.3 Å². The lowest BCUT2D eigenvalue weighted by molar-refractivity contribution is 0.578. The van der Waals surface area contributed by atoms with E-state index < -0.39 is 15.8 Å². The molecule has 0 radical (unpaired) electrons. The van der Waals surface area contributed by atoms with Gasteiger partial charge in [0.25, 0.3) is 0 Å². The number of nitrogens with zero attached hydrogens (tertiary/aromatic N) is 3. The minimum atomic E-state index is -3.85. The first kappa shape index (κ1) is 22.1. The van der Waals surface area contributed by atoms with Gasteiger partial charge >= 0.3 is 0 Å². The van der Waals surface area contributed by atoms with Crippen LogP contribution in [0.2, 0.25) is 10.0 Å². The fourth-order valence-electron chi connectivity index (χ4n) is 2.78. The highest BCUT2D eigenvalue weighted by Crippen LogP contribution is 2.25. The topological polar surface area (TPSA) is 114 Å². The standard InChI is InChI=1S/C19H16Cl2FN5O2S/c20-12-3-8-16(21)18(10-12)30(28,29)25-9-1-2-17-15(11-23)19(24)27(26-17)14-6-4-13(22)5-7-14/h3-8,10,25H,1-2,9,24H2. The van der Waals surface area contributed by atoms with E-state index in [4.69, 9.17) is 28.9 Å². The fourth-order valence-corrected chi connectivity index (χ4v) is 4.61. The largest absolute Gasteiger partial charge is 0.382 e. The minimum Gasteiger partial charge on any atom is -0.382 e. The number of halogens is 3. The molecule has 7 nitrogen and oxygen atoms in total. The van der Waals surface area contributed by atoms with Crippen LogP contribution in [-0.4, -0.2) is 24.7 Å². The third kappa shape index (κ3) is 4.74. The molecule has 0 aliphatic rings. The Kier molecular flexibility index (Phi) is 6.63. The smallest absolute Gasteiger partial charge is 0.242 e. The lowest BCUT2D eigenvalue weighted by Crippen LogP contribution is -2.25. The molecule has 11 heteroatoms. The van der Waals surface area contributed by atoms with E-state index in [0.717, 1.165) is 0 Å². The number of sulfonamides is 1. The summed E-state index contributed by atoms with van der Waals surface area (Å²) in [7, 11) is -3.85. The summed E-state index contributed by atoms with van der Waals surface area (Å²) in [5, 5.41) is 14.1. The number of nitriles is 1. The molecule has 2 aromatic carbocycles. The lowest BCUT2D eigenvalue weighted by Gasteiger charge is -2.08. The molecule has 3 rings (SSSR count). The van der Waals surface area contributed by atoms with Crippen molar-refractivity contribution in [2.24, 2.45) is 0 Å². The maximum Gasteiger partial charge on any atom is 0.242 e. The molecule has 156 valence electrons. The first-order chi connectivity index (χ1) is 14.2. The summed E-state index contributed by atoms with van der Waals surface area (Å²) in [6.07, 6.45) is 0.652. The maximum atomic E-state index is 13.1. The van der Waals surface area contributed by atoms with Gasteiger partial charge in [0.2, 0.25) is 10.0 Å². The summed E-state index contributed by atoms with van der Waals surface area (Å²) in [5.74, 6) is -0.275. The van der Waals surface area contributed by atoms with Crippen molar-refractivity contribution < 1.29 is 12.8 Å². The molecule has 0 atom stereocenters. The SMILES string of the molecule is N#Cc1c(CCCNS(=O)(=O)c2cc(Cl)ccc2Cl)nn(-c2ccc(F)cc2)c1N. The van der Waals surface area contributed by atoms with E-state index in [9.17, 15) is 18.1 Å². The van der Waals surface area contributed by atoms with E-state index in [-0.39, 0.29) is 32.9 Å². The highest BCUT2D eigenvalue weighted by atomic mass is 35.5. The average Bonchev–Trinajstić information content (AvgIpc) is 3.03. The third-order valence-corrected chi connectivity index (χ3v) is 6.42. The summed E-state index contributed by atoms with van der Waals surface area (Å²) in [4.78, 5) is -0.112. The predicted octanol–water partition coefficient (Wildman–Crippen LogP) is 3.68. The molecule has 0 aliphatic heterocycles. The van der Waals surface area contributed by atoms with Crippen molar-refractivity contribution in [1.82, 2.24) is 14.5 Å². The highest BCUT2D eigenvalue weighted by molar-refractivity contribution is 7.89. The van der Waals surface area contributed by atoms with Crippen LogP contribution in [0.15, 0.2) is 47.4 Å². The molecular weight excluding hydrogens is 452 g/mol. The number of aromatic nitrogens is 2. The van der Waals surface area contributed by atoms with Crippen molar-refractivity contribution >= 4 is 39.0 Å². The summed E-state index contributed by atoms with van der Waals surface area (Å²) >= 11 is 11.8. The van der Waals surface area contributed by atoms with Crippen molar-refractivity contribution in [3.63, 3.8) is 0 Å². The van der Waals surface area contributed by atoms with Gasteiger partial charge < -0.3 is 5.73 Å². The van der Waals surface area contributed by atoms with E-state index in [0.29, 0.717) is 24.2 Å². The summed E-state index contributed by atoms with van der Waals surface area (Å²) in [6, 6.07) is 11.7. The molecular formula is C19H16Cl2FN5O2S. The molecule has 1 heterocycles. The van der Waals surface area contributed by atoms with Crippen LogP contribution < -0.4 is 10.5 Å². The van der Waals surface area contributed by atoms with Gasteiger partial charge in [-0.25, -0.2) is 22.2 Å². The van der Waals surface area contributed by atoms with E-state index in [1.54, 1.807) is 0 Å². The first-order valence-corrected chi connectivity index (χ1v) is 10.9. The molecule has 30 heavy (non-hydrogen) atoms. The Morgan fingerprint density at radius 3 is 2.57 bits per heavy atom. The van der Waals surface area contributed by atoms with Crippen LogP contribution in [0.3, 0.4) is 0 Å². The molecule has 0 saturated carbocycles. The summed E-state index contributed by atoms with van der Waals surface area (Å²) < 4.78 is 41.8. The zero-order valence-electron chi connectivity index (χ0n) is 15.4. The number of nitrogen functional groups attached to an aromatic ring is 1. The zero-order chi connectivity index (χ0) is 21.9. The van der Waals surface area contributed by atoms with Crippen molar-refractivity contribution in [2.45, 2.75) is 17.7 Å². The van der Waals surface area contributed by atoms with Gasteiger partial charge in [0.05, 0.1) is 16.4 Å². The highest BCUT2D eigenvalue weighted by Gasteiger charge is 2.19. The second-order valence-electron chi connectivity index (χ2n) is 6.28. The number of rotatable bonds is 7. The molecule has 0 spiro atoms. The number of hydrogen-bond donors (Lipinski definition) is 2. The van der Waals surface area contributed by atoms with Gasteiger partial charge in [-0.3, -0.25) is 0 Å². The van der Waals surface area contributed by atoms with E-state index in [1.165, 1.54) is 47.1 Å². The van der Waals surface area contributed by atoms with Crippen molar-refractivity contribution in [2.75, 3.05) is 12.3 Å². The molecule has 0 unspecified atom stereocenters. The van der Waals surface area contributed by atoms with Gasteiger partial charge in [-0.2, -0.15) is 10.4 Å². The number of nitrogens with one attached hydrogen (secondary N) is 1. The Hall–Kier alpha value is -2.64. The van der Waals surface area contributed by atoms with Gasteiger partial charge in [0.15, 0.2) is 0 Å². The van der Waals surface area contributed by atoms with Crippen LogP contribution in [0.25, 0.3) is 5.69 Å². The van der Waals surface area contributed by atoms with Crippen LogP contribution in [0.5, 0.6) is 0 Å². The maximum absolute atomic E-state index is 13.1. The number of aryl methyl sites for hydroxylation is 1. The fraction of sp³-hybridized carbons (Fsp3) is 0.158. The van der Waals surface area contributed by atoms with Crippen molar-refractivity contribution in [1.29, 1.82) is 5.26 Å². The zero-order valence-corrected chi connectivity index (χ0v) is 17.8. The Morgan fingerprint density at radius 1 is 1.20 bits per heavy atom. The number of nitrogens with two attached hydrogens (primary N) is 1. The van der Waals surface area contributed by atoms with Crippen molar-refractivity contribution in [3.05, 3.63) is 69.6 Å². The van der Waals surface area contributed by atoms with E-state index >= 15 is 0 Å². The Balaban J connectivity index is 1.70. The van der Waals surface area contributed by atoms with Crippen LogP contribution in [-0.2, 0) is 16.4 Å². The Labute approximate surface area is 182 Å². The van der Waals surface area contributed by atoms with Gasteiger partial charge in [-0.15, -0.1) is 0 Å². The molecule has 0 bridgehead atoms. The Bertz CT molecular complexity index is 1220. The van der Waals surface area contributed by atoms with E-state index in [2.05, 4.69) is 9.82 Å². The Morgan fingerprint density at radius 2 is 1.90 bits per heavy atom. The van der Waals surface area contributed by atoms with Crippen molar-refractivity contribution in [3.8, 4) is 11.8 Å². The molecule has 0 fully saturated rings. The van der Waals surface area contributed by atoms with Gasteiger partial charge in [-0.1, -0.05) is 23.2 Å². The molecule has 0 amide bonds. The van der Waals surface area contributed by atoms with Gasteiger partial charge in [0, 0.05) is 11.6 Å². The second-order valence-corrected chi connectivity index (χ2v) is 8.86. The minimum absolute atomic E-state index is 0.0597. The third-order valence-electron chi connectivity index (χ3n) is 4.24. The van der Waals surface area contributed by atoms with Gasteiger partial charge in [0.1, 0.15) is 28.2 Å². The molecule has 3 aromatic rings. The van der Waals surface area contributed by atoms with Crippen LogP contribution in [0.1, 0.15) is 17.7 Å². The monoisotopic (exact) mass is 467 g/mol. The second kappa shape index (κ2) is 9.02. The first-order valence-electron chi connectivity index (χ1n) is 8.71. The molecule has 0 saturated heterocycles. The average molecular weight is 468 g/mol. The normalized spacial score (nSPS) is 11.4. The quantitative estimate of drug-likeness (QED) is 0.514. The summed E-state index contributed by atoms with van der Waals surface area (Å²) in [6.45, 7) is 0.0827. The molecule has 1 aromatic heterocycles. The number of hydrogen-bond acceptors (Lipinski definition) is 5. The molecule has 3 N–H and O–H groups in total. The summed E-state index contributed by atoms with van der Waals surface area (Å²) in [5.41, 5.74) is 7.13. The van der Waals surface area contributed by atoms with Crippen LogP contribution >= 0.6 is 23.2 Å². The number of benzene rings is 2. The predicted molar refractivity (Wildman–Crippen MR) is 113 cm³/mol. The number of anilines is 1.